The van der Waals surface area contributed by atoms with Crippen molar-refractivity contribution in [3.8, 4) is 11.3 Å². The van der Waals surface area contributed by atoms with E-state index < -0.39 is 5.97 Å². The van der Waals surface area contributed by atoms with Gasteiger partial charge < -0.3 is 13.9 Å². The van der Waals surface area contributed by atoms with Crippen molar-refractivity contribution in [2.75, 3.05) is 13.2 Å². The zero-order valence-corrected chi connectivity index (χ0v) is 12.0. The number of carbonyl (C=O) groups is 1. The third-order valence-electron chi connectivity index (χ3n) is 3.30. The second kappa shape index (κ2) is 6.28. The molecule has 1 aromatic carbocycles. The maximum Gasteiger partial charge on any atom is 0.361 e. The summed E-state index contributed by atoms with van der Waals surface area (Å²) in [7, 11) is 0. The quantitative estimate of drug-likeness (QED) is 0.811. The predicted molar refractivity (Wildman–Crippen MR) is 76.2 cm³/mol. The molecule has 1 unspecified atom stereocenters. The highest BCUT2D eigenvalue weighted by Crippen LogP contribution is 2.30. The van der Waals surface area contributed by atoms with E-state index in [0.717, 1.165) is 19.4 Å². The number of esters is 1. The zero-order chi connectivity index (χ0) is 14.7. The Morgan fingerprint density at radius 3 is 3.05 bits per heavy atom. The summed E-state index contributed by atoms with van der Waals surface area (Å²) in [4.78, 5) is 16.1. The van der Waals surface area contributed by atoms with E-state index in [2.05, 4.69) is 4.98 Å². The van der Waals surface area contributed by atoms with Crippen molar-refractivity contribution in [1.82, 2.24) is 4.98 Å². The number of aromatic nitrogens is 1. The summed E-state index contributed by atoms with van der Waals surface area (Å²) in [6.45, 7) is 0.949. The number of benzene rings is 1. The van der Waals surface area contributed by atoms with E-state index in [-0.39, 0.29) is 18.4 Å². The van der Waals surface area contributed by atoms with E-state index in [9.17, 15) is 4.79 Å². The number of ether oxygens (including phenoxy) is 2. The fourth-order valence-corrected chi connectivity index (χ4v) is 2.46. The van der Waals surface area contributed by atoms with Crippen LogP contribution in [0.3, 0.4) is 0 Å². The number of hydrogen-bond acceptors (Lipinski definition) is 5. The molecule has 21 heavy (non-hydrogen) atoms. The van der Waals surface area contributed by atoms with Gasteiger partial charge in [-0.3, -0.25) is 0 Å². The van der Waals surface area contributed by atoms with Crippen LogP contribution in [0.25, 0.3) is 11.3 Å². The van der Waals surface area contributed by atoms with Gasteiger partial charge in [0, 0.05) is 12.2 Å². The Balaban J connectivity index is 1.75. The second-order valence-electron chi connectivity index (χ2n) is 4.74. The Morgan fingerprint density at radius 1 is 1.43 bits per heavy atom. The van der Waals surface area contributed by atoms with E-state index in [1.54, 1.807) is 18.2 Å². The number of oxazole rings is 1. The van der Waals surface area contributed by atoms with Crippen LogP contribution in [-0.4, -0.2) is 30.3 Å². The minimum Gasteiger partial charge on any atom is -0.458 e. The topological polar surface area (TPSA) is 61.6 Å². The van der Waals surface area contributed by atoms with Crippen LogP contribution >= 0.6 is 11.6 Å². The molecule has 0 radical (unpaired) electrons. The molecule has 1 fully saturated rings. The van der Waals surface area contributed by atoms with Crippen LogP contribution in [0.5, 0.6) is 0 Å². The lowest BCUT2D eigenvalue weighted by Gasteiger charge is -2.09. The van der Waals surface area contributed by atoms with Gasteiger partial charge in [-0.2, -0.15) is 0 Å². The average molecular weight is 308 g/mol. The average Bonchev–Trinajstić information content (AvgIpc) is 3.16. The fraction of sp³-hybridized carbons (Fsp3) is 0.333. The van der Waals surface area contributed by atoms with Gasteiger partial charge in [0.05, 0.1) is 11.1 Å². The monoisotopic (exact) mass is 307 g/mol. The summed E-state index contributed by atoms with van der Waals surface area (Å²) in [5.74, 6) is -0.216. The van der Waals surface area contributed by atoms with Gasteiger partial charge in [0.2, 0.25) is 0 Å². The molecule has 2 aromatic rings. The lowest BCUT2D eigenvalue weighted by molar-refractivity contribution is 0.0157. The summed E-state index contributed by atoms with van der Waals surface area (Å²) < 4.78 is 16.0. The minimum absolute atomic E-state index is 0.0235. The standard InChI is InChI=1S/C15H14ClNO4/c16-12-6-2-1-5-11(12)14-13(17-9-21-14)15(18)20-8-10-4-3-7-19-10/h1-2,5-6,9-10H,3-4,7-8H2. The number of rotatable bonds is 4. The highest BCUT2D eigenvalue weighted by molar-refractivity contribution is 6.33. The summed E-state index contributed by atoms with van der Waals surface area (Å²) in [6, 6.07) is 7.10. The molecule has 5 nitrogen and oxygen atoms in total. The summed E-state index contributed by atoms with van der Waals surface area (Å²) in [5.41, 5.74) is 0.738. The first-order valence-electron chi connectivity index (χ1n) is 6.73. The van der Waals surface area contributed by atoms with Crippen LogP contribution in [0, 0.1) is 0 Å². The van der Waals surface area contributed by atoms with Gasteiger partial charge in [-0.1, -0.05) is 23.7 Å². The molecule has 110 valence electrons. The van der Waals surface area contributed by atoms with Crippen LogP contribution in [-0.2, 0) is 9.47 Å². The molecule has 0 amide bonds. The molecule has 1 aromatic heterocycles. The van der Waals surface area contributed by atoms with Crippen LogP contribution in [0.2, 0.25) is 5.02 Å². The normalized spacial score (nSPS) is 17.9. The van der Waals surface area contributed by atoms with Gasteiger partial charge in [0.1, 0.15) is 6.61 Å². The van der Waals surface area contributed by atoms with Crippen molar-refractivity contribution in [2.45, 2.75) is 18.9 Å². The smallest absolute Gasteiger partial charge is 0.361 e. The molecule has 1 aliphatic rings. The van der Waals surface area contributed by atoms with Crippen molar-refractivity contribution in [3.05, 3.63) is 41.4 Å². The molecular weight excluding hydrogens is 294 g/mol. The Kier molecular flexibility index (Phi) is 4.22. The van der Waals surface area contributed by atoms with Gasteiger partial charge in [-0.15, -0.1) is 0 Å². The molecule has 0 aliphatic carbocycles. The molecule has 1 aliphatic heterocycles. The number of halogens is 1. The van der Waals surface area contributed by atoms with Gasteiger partial charge in [-0.25, -0.2) is 9.78 Å². The highest BCUT2D eigenvalue weighted by Gasteiger charge is 2.23. The Hall–Kier alpha value is -1.85. The fourth-order valence-electron chi connectivity index (χ4n) is 2.24. The van der Waals surface area contributed by atoms with Gasteiger partial charge >= 0.3 is 5.97 Å². The Bertz CT molecular complexity index is 634. The Labute approximate surface area is 126 Å². The van der Waals surface area contributed by atoms with E-state index in [4.69, 9.17) is 25.5 Å². The molecule has 0 bridgehead atoms. The highest BCUT2D eigenvalue weighted by atomic mass is 35.5. The maximum absolute atomic E-state index is 12.1. The molecule has 6 heteroatoms. The van der Waals surface area contributed by atoms with Crippen molar-refractivity contribution in [1.29, 1.82) is 0 Å². The molecule has 0 spiro atoms. The molecular formula is C15H14ClNO4. The minimum atomic E-state index is -0.533. The van der Waals surface area contributed by atoms with E-state index >= 15 is 0 Å². The second-order valence-corrected chi connectivity index (χ2v) is 5.15. The van der Waals surface area contributed by atoms with Gasteiger partial charge in [-0.05, 0) is 25.0 Å². The zero-order valence-electron chi connectivity index (χ0n) is 11.3. The molecule has 0 saturated carbocycles. The summed E-state index contributed by atoms with van der Waals surface area (Å²) in [6.07, 6.45) is 3.09. The molecule has 1 saturated heterocycles. The van der Waals surface area contributed by atoms with Crippen molar-refractivity contribution in [2.24, 2.45) is 0 Å². The summed E-state index contributed by atoms with van der Waals surface area (Å²) in [5, 5.41) is 0.488. The third-order valence-corrected chi connectivity index (χ3v) is 3.63. The van der Waals surface area contributed by atoms with Crippen LogP contribution in [0.15, 0.2) is 35.1 Å². The molecule has 3 rings (SSSR count). The van der Waals surface area contributed by atoms with Crippen LogP contribution in [0.4, 0.5) is 0 Å². The first-order chi connectivity index (χ1) is 10.3. The van der Waals surface area contributed by atoms with E-state index in [1.807, 2.05) is 6.07 Å². The summed E-state index contributed by atoms with van der Waals surface area (Å²) >= 11 is 6.11. The van der Waals surface area contributed by atoms with Crippen LogP contribution in [0.1, 0.15) is 23.3 Å². The molecule has 1 atom stereocenters. The number of nitrogens with zero attached hydrogens (tertiary/aromatic N) is 1. The number of carbonyl (C=O) groups excluding carboxylic acids is 1. The number of hydrogen-bond donors (Lipinski definition) is 0. The predicted octanol–water partition coefficient (Wildman–Crippen LogP) is 3.33. The van der Waals surface area contributed by atoms with Crippen molar-refractivity contribution >= 4 is 17.6 Å². The lowest BCUT2D eigenvalue weighted by atomic mass is 10.1. The third kappa shape index (κ3) is 3.09. The Morgan fingerprint density at radius 2 is 2.29 bits per heavy atom. The lowest BCUT2D eigenvalue weighted by Crippen LogP contribution is -2.18. The van der Waals surface area contributed by atoms with E-state index in [1.165, 1.54) is 6.39 Å². The molecule has 2 heterocycles. The largest absolute Gasteiger partial charge is 0.458 e. The first kappa shape index (κ1) is 14.1. The van der Waals surface area contributed by atoms with Crippen molar-refractivity contribution < 1.29 is 18.7 Å². The van der Waals surface area contributed by atoms with Gasteiger partial charge in [0.25, 0.3) is 0 Å². The SMILES string of the molecule is O=C(OCC1CCCO1)c1ncoc1-c1ccccc1Cl. The molecule has 0 N–H and O–H groups in total. The first-order valence-corrected chi connectivity index (χ1v) is 7.10. The van der Waals surface area contributed by atoms with Gasteiger partial charge in [0.15, 0.2) is 17.8 Å². The maximum atomic E-state index is 12.1. The van der Waals surface area contributed by atoms with Crippen LogP contribution < -0.4 is 0 Å². The van der Waals surface area contributed by atoms with E-state index in [0.29, 0.717) is 16.3 Å². The van der Waals surface area contributed by atoms with Crippen molar-refractivity contribution in [3.63, 3.8) is 0 Å².